The molecule has 0 bridgehead atoms. The first kappa shape index (κ1) is 19.3. The van der Waals surface area contributed by atoms with Crippen LogP contribution in [0.4, 0.5) is 10.1 Å². The van der Waals surface area contributed by atoms with E-state index in [0.29, 0.717) is 5.92 Å². The minimum atomic E-state index is -0.543. The molecule has 22 heavy (non-hydrogen) atoms. The van der Waals surface area contributed by atoms with Crippen LogP contribution in [0.3, 0.4) is 0 Å². The van der Waals surface area contributed by atoms with Gasteiger partial charge in [-0.2, -0.15) is 0 Å². The van der Waals surface area contributed by atoms with Gasteiger partial charge in [-0.15, -0.1) is 24.8 Å². The van der Waals surface area contributed by atoms with Crippen LogP contribution >= 0.6 is 24.8 Å². The Morgan fingerprint density at radius 3 is 2.41 bits per heavy atom. The molecule has 2 fully saturated rings. The third-order valence-corrected chi connectivity index (χ3v) is 4.66. The van der Waals surface area contributed by atoms with Crippen LogP contribution in [0.1, 0.15) is 30.9 Å². The third kappa shape index (κ3) is 3.59. The molecule has 1 aromatic rings. The Kier molecular flexibility index (Phi) is 7.19. The van der Waals surface area contributed by atoms with Crippen LogP contribution in [0, 0.1) is 11.7 Å². The predicted octanol–water partition coefficient (Wildman–Crippen LogP) is 2.70. The number of anilines is 1. The van der Waals surface area contributed by atoms with Gasteiger partial charge in [-0.3, -0.25) is 4.90 Å². The quantitative estimate of drug-likeness (QED) is 0.578. The lowest BCUT2D eigenvalue weighted by Gasteiger charge is -2.43. The molecule has 7 heteroatoms. The van der Waals surface area contributed by atoms with Crippen molar-refractivity contribution in [2.24, 2.45) is 5.92 Å². The van der Waals surface area contributed by atoms with Gasteiger partial charge in [0.2, 0.25) is 0 Å². The number of aromatic hydroxyl groups is 1. The number of piperazine rings is 1. The van der Waals surface area contributed by atoms with Gasteiger partial charge in [0.05, 0.1) is 0 Å². The molecule has 1 aromatic carbocycles. The lowest BCUT2D eigenvalue weighted by atomic mass is 9.76. The lowest BCUT2D eigenvalue weighted by molar-refractivity contribution is 0.0819. The highest BCUT2D eigenvalue weighted by atomic mass is 35.5. The summed E-state index contributed by atoms with van der Waals surface area (Å²) in [6, 6.07) is 3.23. The van der Waals surface area contributed by atoms with Crippen molar-refractivity contribution in [1.82, 2.24) is 10.2 Å². The number of nitrogens with two attached hydrogens (primary N) is 1. The van der Waals surface area contributed by atoms with Gasteiger partial charge in [-0.1, -0.05) is 12.5 Å². The Morgan fingerprint density at radius 1 is 1.23 bits per heavy atom. The van der Waals surface area contributed by atoms with E-state index in [1.165, 1.54) is 25.3 Å². The van der Waals surface area contributed by atoms with Crippen molar-refractivity contribution >= 4 is 30.5 Å². The maximum atomic E-state index is 13.5. The molecule has 1 aliphatic carbocycles. The van der Waals surface area contributed by atoms with Crippen LogP contribution in [-0.2, 0) is 0 Å². The number of phenols is 1. The monoisotopic (exact) mass is 351 g/mol. The number of hydrogen-bond donors (Lipinski definition) is 3. The van der Waals surface area contributed by atoms with E-state index in [0.717, 1.165) is 31.7 Å². The van der Waals surface area contributed by atoms with Crippen LogP contribution in [0.5, 0.6) is 5.75 Å². The summed E-state index contributed by atoms with van der Waals surface area (Å²) in [6.07, 6.45) is 3.58. The molecule has 0 amide bonds. The fourth-order valence-corrected chi connectivity index (χ4v) is 3.30. The molecule has 1 heterocycles. The molecule has 1 saturated heterocycles. The number of phenolic OH excluding ortho intramolecular Hbond substituents is 1. The predicted molar refractivity (Wildman–Crippen MR) is 91.5 cm³/mol. The Labute approximate surface area is 143 Å². The molecule has 3 rings (SSSR count). The first-order valence-electron chi connectivity index (χ1n) is 7.40. The number of rotatable bonds is 3. The van der Waals surface area contributed by atoms with Crippen molar-refractivity contribution < 1.29 is 9.50 Å². The summed E-state index contributed by atoms with van der Waals surface area (Å²) in [5.41, 5.74) is 6.32. The normalized spacial score (nSPS) is 20.4. The minimum absolute atomic E-state index is 0. The molecule has 4 N–H and O–H groups in total. The zero-order valence-corrected chi connectivity index (χ0v) is 14.1. The second kappa shape index (κ2) is 8.20. The molecule has 2 aliphatic rings. The Balaban J connectivity index is 0.00000121. The minimum Gasteiger partial charge on any atom is -0.505 e. The average Bonchev–Trinajstić information content (AvgIpc) is 2.42. The van der Waals surface area contributed by atoms with Gasteiger partial charge in [0, 0.05) is 37.8 Å². The fraction of sp³-hybridized carbons (Fsp3) is 0.600. The van der Waals surface area contributed by atoms with E-state index in [-0.39, 0.29) is 42.3 Å². The fourth-order valence-electron chi connectivity index (χ4n) is 3.30. The number of benzene rings is 1. The lowest BCUT2D eigenvalue weighted by Crippen LogP contribution is -2.47. The standard InChI is InChI=1S/C15H22FN3O.2ClH/c16-12-5-4-11(15(20)13(12)17)14(10-2-1-3-10)19-8-6-18-7-9-19;;/h4-5,10,14,18,20H,1-3,6-9,17H2;2*1H/t14-;;/m0../s1. The van der Waals surface area contributed by atoms with Crippen LogP contribution in [0.2, 0.25) is 0 Å². The topological polar surface area (TPSA) is 61.5 Å². The van der Waals surface area contributed by atoms with E-state index in [9.17, 15) is 9.50 Å². The summed E-state index contributed by atoms with van der Waals surface area (Å²) in [5, 5.41) is 13.6. The molecular weight excluding hydrogens is 328 g/mol. The van der Waals surface area contributed by atoms with Gasteiger partial charge in [-0.25, -0.2) is 4.39 Å². The highest BCUT2D eigenvalue weighted by Crippen LogP contribution is 2.45. The first-order chi connectivity index (χ1) is 9.68. The maximum absolute atomic E-state index is 13.5. The van der Waals surface area contributed by atoms with Crippen LogP contribution < -0.4 is 11.1 Å². The molecule has 126 valence electrons. The second-order valence-electron chi connectivity index (χ2n) is 5.82. The van der Waals surface area contributed by atoms with E-state index in [1.54, 1.807) is 6.07 Å². The van der Waals surface area contributed by atoms with Gasteiger partial charge in [0.15, 0.2) is 0 Å². The highest BCUT2D eigenvalue weighted by Gasteiger charge is 2.35. The third-order valence-electron chi connectivity index (χ3n) is 4.66. The Bertz CT molecular complexity index is 494. The SMILES string of the molecule is Cl.Cl.Nc1c(F)ccc([C@H](C2CCC2)N2CCNCC2)c1O. The molecule has 1 atom stereocenters. The van der Waals surface area contributed by atoms with Gasteiger partial charge in [0.25, 0.3) is 0 Å². The molecule has 1 aliphatic heterocycles. The van der Waals surface area contributed by atoms with Gasteiger partial charge in [0.1, 0.15) is 17.3 Å². The highest BCUT2D eigenvalue weighted by molar-refractivity contribution is 5.85. The maximum Gasteiger partial charge on any atom is 0.149 e. The number of nitrogens with one attached hydrogen (secondary N) is 1. The van der Waals surface area contributed by atoms with Crippen molar-refractivity contribution in [3.63, 3.8) is 0 Å². The average molecular weight is 352 g/mol. The summed E-state index contributed by atoms with van der Waals surface area (Å²) in [4.78, 5) is 2.40. The molecule has 0 aromatic heterocycles. The zero-order chi connectivity index (χ0) is 14.1. The zero-order valence-electron chi connectivity index (χ0n) is 12.4. The summed E-state index contributed by atoms with van der Waals surface area (Å²) in [5.74, 6) is -0.0665. The summed E-state index contributed by atoms with van der Waals surface area (Å²) >= 11 is 0. The van der Waals surface area contributed by atoms with E-state index >= 15 is 0 Å². The Morgan fingerprint density at radius 2 is 1.86 bits per heavy atom. The summed E-state index contributed by atoms with van der Waals surface area (Å²) < 4.78 is 13.5. The van der Waals surface area contributed by atoms with Crippen molar-refractivity contribution in [3.05, 3.63) is 23.5 Å². The van der Waals surface area contributed by atoms with Crippen molar-refractivity contribution in [3.8, 4) is 5.75 Å². The van der Waals surface area contributed by atoms with E-state index in [2.05, 4.69) is 10.2 Å². The van der Waals surface area contributed by atoms with E-state index in [4.69, 9.17) is 5.73 Å². The van der Waals surface area contributed by atoms with Crippen molar-refractivity contribution in [2.45, 2.75) is 25.3 Å². The van der Waals surface area contributed by atoms with Crippen molar-refractivity contribution in [1.29, 1.82) is 0 Å². The molecule has 0 radical (unpaired) electrons. The number of halogens is 3. The number of nitrogen functional groups attached to an aromatic ring is 1. The first-order valence-corrected chi connectivity index (χ1v) is 7.40. The number of hydrogen-bond acceptors (Lipinski definition) is 4. The van der Waals surface area contributed by atoms with Crippen molar-refractivity contribution in [2.75, 3.05) is 31.9 Å². The van der Waals surface area contributed by atoms with E-state index in [1.807, 2.05) is 0 Å². The van der Waals surface area contributed by atoms with E-state index < -0.39 is 5.82 Å². The molecular formula is C15H24Cl2FN3O. The number of nitrogens with zero attached hydrogens (tertiary/aromatic N) is 1. The van der Waals surface area contributed by atoms with Crippen LogP contribution in [-0.4, -0.2) is 36.2 Å². The molecule has 0 spiro atoms. The van der Waals surface area contributed by atoms with Gasteiger partial charge >= 0.3 is 0 Å². The van der Waals surface area contributed by atoms with Gasteiger partial charge < -0.3 is 16.2 Å². The largest absolute Gasteiger partial charge is 0.505 e. The molecule has 1 saturated carbocycles. The summed E-state index contributed by atoms with van der Waals surface area (Å²) in [6.45, 7) is 3.83. The van der Waals surface area contributed by atoms with Gasteiger partial charge in [-0.05, 0) is 24.8 Å². The second-order valence-corrected chi connectivity index (χ2v) is 5.82. The molecule has 0 unspecified atom stereocenters. The molecule has 4 nitrogen and oxygen atoms in total. The Hall–Kier alpha value is -0.750. The van der Waals surface area contributed by atoms with Crippen LogP contribution in [0.15, 0.2) is 12.1 Å². The van der Waals surface area contributed by atoms with Crippen LogP contribution in [0.25, 0.3) is 0 Å². The summed E-state index contributed by atoms with van der Waals surface area (Å²) in [7, 11) is 0. The smallest absolute Gasteiger partial charge is 0.149 e.